The van der Waals surface area contributed by atoms with Crippen LogP contribution in [0.1, 0.15) is 40.8 Å². The van der Waals surface area contributed by atoms with Crippen molar-refractivity contribution in [3.8, 4) is 0 Å². The summed E-state index contributed by atoms with van der Waals surface area (Å²) in [6.07, 6.45) is 2.43. The number of methoxy groups -OCH3 is 1. The van der Waals surface area contributed by atoms with Gasteiger partial charge in [-0.15, -0.1) is 11.3 Å². The molecule has 3 heterocycles. The Kier molecular flexibility index (Phi) is 4.50. The van der Waals surface area contributed by atoms with E-state index >= 15 is 0 Å². The molecule has 23 heavy (non-hydrogen) atoms. The highest BCUT2D eigenvalue weighted by molar-refractivity contribution is 7.20. The molecule has 0 spiro atoms. The maximum absolute atomic E-state index is 12.4. The van der Waals surface area contributed by atoms with Crippen molar-refractivity contribution in [2.45, 2.75) is 33.2 Å². The van der Waals surface area contributed by atoms with Gasteiger partial charge in [0.2, 0.25) is 0 Å². The van der Waals surface area contributed by atoms with Gasteiger partial charge in [-0.1, -0.05) is 6.92 Å². The summed E-state index contributed by atoms with van der Waals surface area (Å²) >= 11 is 1.22. The average molecular weight is 335 g/mol. The van der Waals surface area contributed by atoms with Crippen molar-refractivity contribution in [3.05, 3.63) is 26.6 Å². The Morgan fingerprint density at radius 2 is 2.30 bits per heavy atom. The summed E-state index contributed by atoms with van der Waals surface area (Å²) < 4.78 is 4.77. The monoisotopic (exact) mass is 335 g/mol. The minimum absolute atomic E-state index is 0.182. The fourth-order valence-electron chi connectivity index (χ4n) is 3.19. The third kappa shape index (κ3) is 3.16. The van der Waals surface area contributed by atoms with E-state index in [-0.39, 0.29) is 5.56 Å². The Morgan fingerprint density at radius 3 is 3.00 bits per heavy atom. The van der Waals surface area contributed by atoms with Crippen molar-refractivity contribution in [2.24, 2.45) is 5.92 Å². The molecule has 2 aromatic rings. The summed E-state index contributed by atoms with van der Waals surface area (Å²) in [6.45, 7) is 6.70. The highest BCUT2D eigenvalue weighted by atomic mass is 32.1. The average Bonchev–Trinajstić information content (AvgIpc) is 2.84. The molecule has 3 rings (SSSR count). The van der Waals surface area contributed by atoms with Crippen LogP contribution in [0.15, 0.2) is 4.79 Å². The van der Waals surface area contributed by atoms with E-state index in [1.165, 1.54) is 31.3 Å². The number of esters is 1. The zero-order chi connectivity index (χ0) is 16.6. The number of piperidine rings is 1. The number of aromatic nitrogens is 2. The summed E-state index contributed by atoms with van der Waals surface area (Å²) in [5.74, 6) is 0.916. The van der Waals surface area contributed by atoms with E-state index in [2.05, 4.69) is 21.8 Å². The first kappa shape index (κ1) is 16.1. The molecule has 124 valence electrons. The SMILES string of the molecule is COC(=O)c1sc2nc(CN3CCC[C@H](C)C3)[nH]c(=O)c2c1C. The molecule has 1 aliphatic rings. The van der Waals surface area contributed by atoms with E-state index in [0.717, 1.165) is 13.1 Å². The molecule has 2 aromatic heterocycles. The fraction of sp³-hybridized carbons (Fsp3) is 0.562. The maximum Gasteiger partial charge on any atom is 0.348 e. The Hall–Kier alpha value is -1.73. The minimum atomic E-state index is -0.420. The van der Waals surface area contributed by atoms with Crippen molar-refractivity contribution in [1.82, 2.24) is 14.9 Å². The summed E-state index contributed by atoms with van der Waals surface area (Å²) in [5, 5.41) is 0.492. The summed E-state index contributed by atoms with van der Waals surface area (Å²) in [5.41, 5.74) is 0.461. The standard InChI is InChI=1S/C16H21N3O3S/c1-9-5-4-6-19(7-9)8-11-17-14(20)12-10(2)13(16(21)22-3)23-15(12)18-11/h9H,4-8H2,1-3H3,(H,17,18,20)/t9-/m0/s1. The molecule has 1 saturated heterocycles. The van der Waals surface area contributed by atoms with Crippen molar-refractivity contribution >= 4 is 27.5 Å². The molecule has 1 N–H and O–H groups in total. The van der Waals surface area contributed by atoms with Crippen molar-refractivity contribution in [2.75, 3.05) is 20.2 Å². The van der Waals surface area contributed by atoms with Crippen LogP contribution in [0.4, 0.5) is 0 Å². The van der Waals surface area contributed by atoms with Crippen molar-refractivity contribution in [1.29, 1.82) is 0 Å². The number of hydrogen-bond donors (Lipinski definition) is 1. The molecule has 7 heteroatoms. The van der Waals surface area contributed by atoms with Gasteiger partial charge in [0.1, 0.15) is 15.5 Å². The van der Waals surface area contributed by atoms with Gasteiger partial charge >= 0.3 is 5.97 Å². The number of fused-ring (bicyclic) bond motifs is 1. The number of likely N-dealkylation sites (tertiary alicyclic amines) is 1. The molecule has 0 amide bonds. The fourth-order valence-corrected chi connectivity index (χ4v) is 4.31. The van der Waals surface area contributed by atoms with Crippen LogP contribution in [0.2, 0.25) is 0 Å². The molecule has 0 aliphatic carbocycles. The van der Waals surface area contributed by atoms with Gasteiger partial charge in [-0.25, -0.2) is 9.78 Å². The van der Waals surface area contributed by atoms with Gasteiger partial charge in [-0.05, 0) is 37.8 Å². The van der Waals surface area contributed by atoms with E-state index < -0.39 is 5.97 Å². The van der Waals surface area contributed by atoms with E-state index in [0.29, 0.717) is 38.9 Å². The predicted octanol–water partition coefficient (Wildman–Crippen LogP) is 2.31. The molecular weight excluding hydrogens is 314 g/mol. The van der Waals surface area contributed by atoms with E-state index in [1.54, 1.807) is 6.92 Å². The lowest BCUT2D eigenvalue weighted by Gasteiger charge is -2.30. The Labute approximate surface area is 138 Å². The summed E-state index contributed by atoms with van der Waals surface area (Å²) in [7, 11) is 1.34. The molecular formula is C16H21N3O3S. The second-order valence-corrected chi connectivity index (χ2v) is 7.22. The zero-order valence-electron chi connectivity index (χ0n) is 13.6. The van der Waals surface area contributed by atoms with Crippen molar-refractivity contribution < 1.29 is 9.53 Å². The molecule has 1 aliphatic heterocycles. The lowest BCUT2D eigenvalue weighted by molar-refractivity contribution is 0.0605. The first-order valence-electron chi connectivity index (χ1n) is 7.82. The molecule has 0 radical (unpaired) electrons. The quantitative estimate of drug-likeness (QED) is 0.871. The van der Waals surface area contributed by atoms with Gasteiger partial charge in [0.15, 0.2) is 0 Å². The Morgan fingerprint density at radius 1 is 1.52 bits per heavy atom. The first-order chi connectivity index (χ1) is 11.0. The first-order valence-corrected chi connectivity index (χ1v) is 8.64. The van der Waals surface area contributed by atoms with E-state index in [4.69, 9.17) is 4.74 Å². The number of hydrogen-bond acceptors (Lipinski definition) is 6. The van der Waals surface area contributed by atoms with E-state index in [1.807, 2.05) is 0 Å². The molecule has 0 saturated carbocycles. The van der Waals surface area contributed by atoms with Crippen LogP contribution in [0.25, 0.3) is 10.2 Å². The molecule has 6 nitrogen and oxygen atoms in total. The van der Waals surface area contributed by atoms with Crippen LogP contribution in [-0.2, 0) is 11.3 Å². The maximum atomic E-state index is 12.4. The largest absolute Gasteiger partial charge is 0.465 e. The number of aryl methyl sites for hydroxylation is 1. The van der Waals surface area contributed by atoms with Crippen LogP contribution in [-0.4, -0.2) is 41.0 Å². The number of carbonyl (C=O) groups is 1. The molecule has 0 aromatic carbocycles. The summed E-state index contributed by atoms with van der Waals surface area (Å²) in [4.78, 5) is 35.0. The lowest BCUT2D eigenvalue weighted by atomic mass is 10.0. The number of H-pyrrole nitrogens is 1. The smallest absolute Gasteiger partial charge is 0.348 e. The minimum Gasteiger partial charge on any atom is -0.465 e. The number of ether oxygens (including phenoxy) is 1. The Balaban J connectivity index is 1.94. The second kappa shape index (κ2) is 6.41. The molecule has 0 unspecified atom stereocenters. The van der Waals surface area contributed by atoms with Crippen LogP contribution in [0.3, 0.4) is 0 Å². The zero-order valence-corrected chi connectivity index (χ0v) is 14.5. The topological polar surface area (TPSA) is 75.3 Å². The van der Waals surface area contributed by atoms with Crippen LogP contribution < -0.4 is 5.56 Å². The number of carbonyl (C=O) groups excluding carboxylic acids is 1. The highest BCUT2D eigenvalue weighted by Crippen LogP contribution is 2.27. The van der Waals surface area contributed by atoms with Crippen LogP contribution in [0.5, 0.6) is 0 Å². The van der Waals surface area contributed by atoms with Gasteiger partial charge in [0, 0.05) is 6.54 Å². The van der Waals surface area contributed by atoms with Crippen LogP contribution >= 0.6 is 11.3 Å². The van der Waals surface area contributed by atoms with E-state index in [9.17, 15) is 9.59 Å². The molecule has 0 bridgehead atoms. The highest BCUT2D eigenvalue weighted by Gasteiger charge is 2.21. The predicted molar refractivity (Wildman–Crippen MR) is 90.0 cm³/mol. The number of thiophene rings is 1. The lowest BCUT2D eigenvalue weighted by Crippen LogP contribution is -2.34. The summed E-state index contributed by atoms with van der Waals surface area (Å²) in [6, 6.07) is 0. The Bertz CT molecular complexity index is 796. The van der Waals surface area contributed by atoms with Gasteiger partial charge in [-0.2, -0.15) is 0 Å². The number of nitrogens with one attached hydrogen (secondary N) is 1. The third-order valence-corrected chi connectivity index (χ3v) is 5.50. The third-order valence-electron chi connectivity index (χ3n) is 4.33. The number of nitrogens with zero attached hydrogens (tertiary/aromatic N) is 2. The number of rotatable bonds is 3. The normalized spacial score (nSPS) is 19.2. The van der Waals surface area contributed by atoms with Crippen molar-refractivity contribution in [3.63, 3.8) is 0 Å². The molecule has 1 fully saturated rings. The molecule has 1 atom stereocenters. The van der Waals surface area contributed by atoms with Crippen LogP contribution in [0, 0.1) is 12.8 Å². The number of aromatic amines is 1. The van der Waals surface area contributed by atoms with Gasteiger partial charge in [-0.3, -0.25) is 9.69 Å². The van der Waals surface area contributed by atoms with Gasteiger partial charge in [0.05, 0.1) is 19.0 Å². The second-order valence-electron chi connectivity index (χ2n) is 6.22. The van der Waals surface area contributed by atoms with Gasteiger partial charge in [0.25, 0.3) is 5.56 Å². The van der Waals surface area contributed by atoms with Gasteiger partial charge < -0.3 is 9.72 Å².